The second-order valence-electron chi connectivity index (χ2n) is 3.94. The molecule has 0 aromatic heterocycles. The minimum Gasteiger partial charge on any atom is -0.478 e. The zero-order valence-corrected chi connectivity index (χ0v) is 10.1. The number of hydrogen-bond acceptors (Lipinski definition) is 2. The Morgan fingerprint density at radius 3 is 2.00 bits per heavy atom. The van der Waals surface area contributed by atoms with Crippen molar-refractivity contribution in [3.63, 3.8) is 0 Å². The number of benzene rings is 2. The first-order chi connectivity index (χ1) is 9.82. The molecule has 2 N–H and O–H groups in total. The second kappa shape index (κ2) is 5.39. The van der Waals surface area contributed by atoms with Gasteiger partial charge in [0.15, 0.2) is 23.3 Å². The molecular formula is C13H6F5NO2. The summed E-state index contributed by atoms with van der Waals surface area (Å²) in [4.78, 5) is 10.9. The molecular weight excluding hydrogens is 297 g/mol. The van der Waals surface area contributed by atoms with Crippen LogP contribution in [0.1, 0.15) is 10.4 Å². The Morgan fingerprint density at radius 2 is 1.48 bits per heavy atom. The number of aromatic carboxylic acids is 1. The zero-order chi connectivity index (χ0) is 15.7. The average molecular weight is 303 g/mol. The molecule has 2 rings (SSSR count). The van der Waals surface area contributed by atoms with Gasteiger partial charge < -0.3 is 10.4 Å². The highest BCUT2D eigenvalue weighted by molar-refractivity contribution is 5.95. The molecule has 0 aliphatic rings. The molecule has 2 aromatic carbocycles. The maximum absolute atomic E-state index is 13.6. The van der Waals surface area contributed by atoms with Gasteiger partial charge in [0.2, 0.25) is 0 Å². The lowest BCUT2D eigenvalue weighted by Crippen LogP contribution is -2.08. The number of para-hydroxylation sites is 1. The van der Waals surface area contributed by atoms with Crippen molar-refractivity contribution in [3.05, 3.63) is 58.9 Å². The molecule has 0 spiro atoms. The third kappa shape index (κ3) is 2.64. The number of carbonyl (C=O) groups is 1. The molecule has 0 amide bonds. The third-order valence-corrected chi connectivity index (χ3v) is 2.61. The summed E-state index contributed by atoms with van der Waals surface area (Å²) in [7, 11) is 0. The van der Waals surface area contributed by atoms with Gasteiger partial charge in [-0.05, 0) is 12.1 Å². The normalized spacial score (nSPS) is 10.5. The predicted octanol–water partition coefficient (Wildman–Crippen LogP) is 3.82. The summed E-state index contributed by atoms with van der Waals surface area (Å²) >= 11 is 0. The van der Waals surface area contributed by atoms with Gasteiger partial charge in [0.25, 0.3) is 0 Å². The Bertz CT molecular complexity index is 707. The van der Waals surface area contributed by atoms with Gasteiger partial charge in [-0.1, -0.05) is 6.07 Å². The number of carboxylic acid groups (broad SMARTS) is 1. The third-order valence-electron chi connectivity index (χ3n) is 2.61. The summed E-state index contributed by atoms with van der Waals surface area (Å²) in [5.41, 5.74) is -2.79. The quantitative estimate of drug-likeness (QED) is 0.669. The van der Waals surface area contributed by atoms with Crippen LogP contribution in [0.5, 0.6) is 0 Å². The van der Waals surface area contributed by atoms with Crippen LogP contribution < -0.4 is 5.32 Å². The molecule has 0 aliphatic carbocycles. The van der Waals surface area contributed by atoms with Crippen molar-refractivity contribution in [1.29, 1.82) is 0 Å². The van der Waals surface area contributed by atoms with Crippen molar-refractivity contribution in [1.82, 2.24) is 0 Å². The van der Waals surface area contributed by atoms with E-state index in [4.69, 9.17) is 5.11 Å². The number of rotatable bonds is 3. The van der Waals surface area contributed by atoms with E-state index in [9.17, 15) is 26.7 Å². The largest absolute Gasteiger partial charge is 0.478 e. The van der Waals surface area contributed by atoms with Crippen molar-refractivity contribution in [2.45, 2.75) is 0 Å². The van der Waals surface area contributed by atoms with Gasteiger partial charge in [-0.25, -0.2) is 26.7 Å². The molecule has 0 saturated heterocycles. The summed E-state index contributed by atoms with van der Waals surface area (Å²) in [5.74, 6) is -9.75. The number of nitrogens with one attached hydrogen (secondary N) is 1. The van der Waals surface area contributed by atoms with E-state index in [1.807, 2.05) is 0 Å². The molecule has 0 atom stereocenters. The summed E-state index contributed by atoms with van der Waals surface area (Å²) < 4.78 is 66.7. The minimum atomic E-state index is -1.80. The van der Waals surface area contributed by atoms with Crippen molar-refractivity contribution in [3.8, 4) is 0 Å². The van der Waals surface area contributed by atoms with E-state index in [0.29, 0.717) is 0 Å². The highest BCUT2D eigenvalue weighted by Gasteiger charge is 2.22. The standard InChI is InChI=1S/C13H6F5NO2/c14-6-3-1-2-5(13(20)21)11(6)19-12-9(17)7(15)4-8(16)10(12)18/h1-4,19H,(H,20,21). The maximum Gasteiger partial charge on any atom is 0.337 e. The lowest BCUT2D eigenvalue weighted by atomic mass is 10.1. The predicted molar refractivity (Wildman–Crippen MR) is 62.9 cm³/mol. The summed E-state index contributed by atoms with van der Waals surface area (Å²) in [6.45, 7) is 0. The SMILES string of the molecule is O=C(O)c1cccc(F)c1Nc1c(F)c(F)cc(F)c1F. The fraction of sp³-hybridized carbons (Fsp3) is 0. The fourth-order valence-corrected chi connectivity index (χ4v) is 1.64. The number of hydrogen-bond donors (Lipinski definition) is 2. The number of carboxylic acids is 1. The van der Waals surface area contributed by atoms with E-state index in [1.165, 1.54) is 0 Å². The van der Waals surface area contributed by atoms with Gasteiger partial charge in [0.1, 0.15) is 11.5 Å². The second-order valence-corrected chi connectivity index (χ2v) is 3.94. The van der Waals surface area contributed by atoms with Gasteiger partial charge >= 0.3 is 5.97 Å². The topological polar surface area (TPSA) is 49.3 Å². The molecule has 21 heavy (non-hydrogen) atoms. The van der Waals surface area contributed by atoms with Gasteiger partial charge in [-0.15, -0.1) is 0 Å². The van der Waals surface area contributed by atoms with Crippen molar-refractivity contribution < 1.29 is 31.9 Å². The number of halogens is 5. The molecule has 0 unspecified atom stereocenters. The Kier molecular flexibility index (Phi) is 3.79. The van der Waals surface area contributed by atoms with Crippen molar-refractivity contribution in [2.24, 2.45) is 0 Å². The molecule has 8 heteroatoms. The van der Waals surface area contributed by atoms with E-state index >= 15 is 0 Å². The van der Waals surface area contributed by atoms with Gasteiger partial charge in [0.05, 0.1) is 11.3 Å². The molecule has 3 nitrogen and oxygen atoms in total. The molecule has 0 aliphatic heterocycles. The molecule has 0 fully saturated rings. The molecule has 0 bridgehead atoms. The van der Waals surface area contributed by atoms with Crippen LogP contribution in [0.2, 0.25) is 0 Å². The highest BCUT2D eigenvalue weighted by Crippen LogP contribution is 2.30. The van der Waals surface area contributed by atoms with Crippen LogP contribution in [0.25, 0.3) is 0 Å². The molecule has 0 radical (unpaired) electrons. The highest BCUT2D eigenvalue weighted by atomic mass is 19.2. The van der Waals surface area contributed by atoms with Crippen LogP contribution in [0.3, 0.4) is 0 Å². The summed E-state index contributed by atoms with van der Waals surface area (Å²) in [5, 5.41) is 10.6. The van der Waals surface area contributed by atoms with E-state index in [1.54, 1.807) is 5.32 Å². The summed E-state index contributed by atoms with van der Waals surface area (Å²) in [6.07, 6.45) is 0. The minimum absolute atomic E-state index is 0.0185. The molecule has 0 heterocycles. The van der Waals surface area contributed by atoms with Crippen LogP contribution in [-0.4, -0.2) is 11.1 Å². The van der Waals surface area contributed by atoms with Crippen molar-refractivity contribution in [2.75, 3.05) is 5.32 Å². The molecule has 0 saturated carbocycles. The lowest BCUT2D eigenvalue weighted by molar-refractivity contribution is 0.0697. The van der Waals surface area contributed by atoms with E-state index < -0.39 is 52.0 Å². The first-order valence-electron chi connectivity index (χ1n) is 5.44. The van der Waals surface area contributed by atoms with Crippen molar-refractivity contribution >= 4 is 17.3 Å². The maximum atomic E-state index is 13.6. The molecule has 2 aromatic rings. The first-order valence-corrected chi connectivity index (χ1v) is 5.44. The first kappa shape index (κ1) is 14.8. The van der Waals surface area contributed by atoms with E-state index in [-0.39, 0.29) is 6.07 Å². The van der Waals surface area contributed by atoms with Crippen LogP contribution in [0, 0.1) is 29.1 Å². The zero-order valence-electron chi connectivity index (χ0n) is 10.1. The van der Waals surface area contributed by atoms with Gasteiger partial charge in [-0.3, -0.25) is 0 Å². The monoisotopic (exact) mass is 303 g/mol. The average Bonchev–Trinajstić information content (AvgIpc) is 2.42. The molecule has 110 valence electrons. The smallest absolute Gasteiger partial charge is 0.337 e. The van der Waals surface area contributed by atoms with E-state index in [0.717, 1.165) is 18.2 Å². The van der Waals surface area contributed by atoms with Crippen LogP contribution in [0.15, 0.2) is 24.3 Å². The lowest BCUT2D eigenvalue weighted by Gasteiger charge is -2.12. The Labute approximate surface area is 114 Å². The Balaban J connectivity index is 2.61. The van der Waals surface area contributed by atoms with Crippen LogP contribution in [0.4, 0.5) is 33.3 Å². The summed E-state index contributed by atoms with van der Waals surface area (Å²) in [6, 6.07) is 2.82. The van der Waals surface area contributed by atoms with Crippen LogP contribution >= 0.6 is 0 Å². The number of anilines is 2. The Hall–Kier alpha value is -2.64. The van der Waals surface area contributed by atoms with Crippen LogP contribution in [-0.2, 0) is 0 Å². The van der Waals surface area contributed by atoms with Gasteiger partial charge in [0, 0.05) is 6.07 Å². The fourth-order valence-electron chi connectivity index (χ4n) is 1.64. The Morgan fingerprint density at radius 1 is 0.905 bits per heavy atom. The van der Waals surface area contributed by atoms with Gasteiger partial charge in [-0.2, -0.15) is 0 Å². The van der Waals surface area contributed by atoms with E-state index in [2.05, 4.69) is 0 Å².